The van der Waals surface area contributed by atoms with E-state index in [4.69, 9.17) is 11.6 Å². The number of allylic oxidation sites excluding steroid dienone is 3. The predicted octanol–water partition coefficient (Wildman–Crippen LogP) is 4.90. The molecule has 2 aromatic carbocycles. The zero-order chi connectivity index (χ0) is 26.2. The van der Waals surface area contributed by atoms with E-state index in [0.717, 1.165) is 28.9 Å². The Bertz CT molecular complexity index is 1400. The van der Waals surface area contributed by atoms with Gasteiger partial charge >= 0.3 is 0 Å². The van der Waals surface area contributed by atoms with Crippen LogP contribution in [-0.2, 0) is 22.7 Å². The second kappa shape index (κ2) is 9.98. The molecule has 1 aromatic heterocycles. The number of hydrogen-bond donors (Lipinski definition) is 2. The molecule has 1 amide bonds. The summed E-state index contributed by atoms with van der Waals surface area (Å²) in [6, 6.07) is 17.4. The first-order valence-corrected chi connectivity index (χ1v) is 12.8. The minimum Gasteiger partial charge on any atom is -0.362 e. The van der Waals surface area contributed by atoms with Gasteiger partial charge in [-0.3, -0.25) is 9.59 Å². The van der Waals surface area contributed by atoms with Crippen LogP contribution in [-0.4, -0.2) is 26.7 Å². The van der Waals surface area contributed by atoms with E-state index in [1.54, 1.807) is 16.8 Å². The van der Waals surface area contributed by atoms with Crippen LogP contribution >= 0.6 is 11.6 Å². The molecule has 0 fully saturated rings. The van der Waals surface area contributed by atoms with Crippen molar-refractivity contribution in [2.75, 3.05) is 0 Å². The number of carbonyl (C=O) groups excluding carboxylic acids is 2. The Kier molecular flexibility index (Phi) is 6.73. The molecular formula is C29H30ClN5O2. The van der Waals surface area contributed by atoms with Gasteiger partial charge in [0, 0.05) is 39.9 Å². The van der Waals surface area contributed by atoms with E-state index in [-0.39, 0.29) is 23.7 Å². The maximum atomic E-state index is 13.6. The Morgan fingerprint density at radius 2 is 1.86 bits per heavy atom. The standard InChI is InChI=1S/C29H30ClN5O2/c1-18-25(28(37)31-15-22-17-35(34-33-22)16-19-7-5-4-6-8-19)26(20-9-11-21(30)12-10-20)27-23(32-18)13-29(2,3)14-24(27)36/h4-12,17,26,32H,13-16H2,1-3H3,(H,31,37). The molecule has 2 N–H and O–H groups in total. The summed E-state index contributed by atoms with van der Waals surface area (Å²) < 4.78 is 1.75. The zero-order valence-electron chi connectivity index (χ0n) is 21.2. The molecule has 0 saturated carbocycles. The highest BCUT2D eigenvalue weighted by molar-refractivity contribution is 6.30. The van der Waals surface area contributed by atoms with Crippen molar-refractivity contribution in [2.45, 2.75) is 52.6 Å². The summed E-state index contributed by atoms with van der Waals surface area (Å²) in [7, 11) is 0. The molecule has 3 aromatic rings. The molecule has 1 unspecified atom stereocenters. The van der Waals surface area contributed by atoms with Crippen molar-refractivity contribution in [1.82, 2.24) is 25.6 Å². The fourth-order valence-electron chi connectivity index (χ4n) is 5.26. The Morgan fingerprint density at radius 1 is 1.14 bits per heavy atom. The van der Waals surface area contributed by atoms with Crippen LogP contribution in [0.25, 0.3) is 0 Å². The van der Waals surface area contributed by atoms with E-state index in [1.165, 1.54) is 0 Å². The normalized spacial score (nSPS) is 18.9. The van der Waals surface area contributed by atoms with Crippen LogP contribution in [0.1, 0.15) is 56.4 Å². The molecule has 1 aliphatic heterocycles. The summed E-state index contributed by atoms with van der Waals surface area (Å²) in [6.45, 7) is 6.91. The Labute approximate surface area is 221 Å². The van der Waals surface area contributed by atoms with E-state index in [9.17, 15) is 9.59 Å². The number of nitrogens with one attached hydrogen (secondary N) is 2. The molecule has 0 bridgehead atoms. The third-order valence-electron chi connectivity index (χ3n) is 6.89. The van der Waals surface area contributed by atoms with Gasteiger partial charge in [0.15, 0.2) is 5.78 Å². The minimum absolute atomic E-state index is 0.0698. The molecule has 5 rings (SSSR count). The first-order chi connectivity index (χ1) is 17.7. The van der Waals surface area contributed by atoms with Gasteiger partial charge < -0.3 is 10.6 Å². The summed E-state index contributed by atoms with van der Waals surface area (Å²) in [5.74, 6) is -0.641. The molecular weight excluding hydrogens is 486 g/mol. The van der Waals surface area contributed by atoms with E-state index in [0.29, 0.717) is 34.8 Å². The number of carbonyl (C=O) groups is 2. The second-order valence-electron chi connectivity index (χ2n) is 10.6. The summed E-state index contributed by atoms with van der Waals surface area (Å²) in [5.41, 5.74) is 5.35. The van der Waals surface area contributed by atoms with Gasteiger partial charge in [-0.2, -0.15) is 0 Å². The van der Waals surface area contributed by atoms with Crippen LogP contribution in [0, 0.1) is 5.41 Å². The average Bonchev–Trinajstić information content (AvgIpc) is 3.29. The van der Waals surface area contributed by atoms with Gasteiger partial charge in [0.2, 0.25) is 5.91 Å². The summed E-state index contributed by atoms with van der Waals surface area (Å²) in [6.07, 6.45) is 3.02. The molecule has 2 heterocycles. The van der Waals surface area contributed by atoms with Gasteiger partial charge in [-0.15, -0.1) is 5.10 Å². The lowest BCUT2D eigenvalue weighted by Gasteiger charge is -2.39. The number of ketones is 1. The number of aromatic nitrogens is 3. The predicted molar refractivity (Wildman–Crippen MR) is 142 cm³/mol. The quantitative estimate of drug-likeness (QED) is 0.487. The molecule has 8 heteroatoms. The van der Waals surface area contributed by atoms with Crippen molar-refractivity contribution >= 4 is 23.3 Å². The fourth-order valence-corrected chi connectivity index (χ4v) is 5.38. The first kappa shape index (κ1) is 25.0. The van der Waals surface area contributed by atoms with Gasteiger partial charge in [0.05, 0.1) is 19.3 Å². The van der Waals surface area contributed by atoms with Crippen LogP contribution in [0.5, 0.6) is 0 Å². The van der Waals surface area contributed by atoms with E-state index < -0.39 is 5.92 Å². The van der Waals surface area contributed by atoms with Gasteiger partial charge in [0.1, 0.15) is 5.69 Å². The third-order valence-corrected chi connectivity index (χ3v) is 7.14. The minimum atomic E-state index is -0.467. The summed E-state index contributed by atoms with van der Waals surface area (Å²) >= 11 is 6.15. The Morgan fingerprint density at radius 3 is 2.59 bits per heavy atom. The van der Waals surface area contributed by atoms with Crippen molar-refractivity contribution in [3.8, 4) is 0 Å². The maximum Gasteiger partial charge on any atom is 0.250 e. The number of Topliss-reactive ketones (excluding diaryl/α,β-unsaturated/α-hetero) is 1. The lowest BCUT2D eigenvalue weighted by atomic mass is 9.68. The average molecular weight is 516 g/mol. The summed E-state index contributed by atoms with van der Waals surface area (Å²) in [4.78, 5) is 27.0. The molecule has 0 spiro atoms. The smallest absolute Gasteiger partial charge is 0.250 e. The van der Waals surface area contributed by atoms with Crippen LogP contribution in [0.4, 0.5) is 0 Å². The van der Waals surface area contributed by atoms with Gasteiger partial charge in [-0.25, -0.2) is 4.68 Å². The number of benzene rings is 2. The largest absolute Gasteiger partial charge is 0.362 e. The zero-order valence-corrected chi connectivity index (χ0v) is 22.0. The number of nitrogens with zero attached hydrogens (tertiary/aromatic N) is 3. The topological polar surface area (TPSA) is 88.9 Å². The number of amides is 1. The second-order valence-corrected chi connectivity index (χ2v) is 11.0. The Hall–Kier alpha value is -3.71. The number of hydrogen-bond acceptors (Lipinski definition) is 5. The van der Waals surface area contributed by atoms with Gasteiger partial charge in [-0.1, -0.05) is 73.1 Å². The molecule has 0 saturated heterocycles. The van der Waals surface area contributed by atoms with Crippen LogP contribution in [0.2, 0.25) is 5.02 Å². The molecule has 2 aliphatic rings. The lowest BCUT2D eigenvalue weighted by Crippen LogP contribution is -2.40. The van der Waals surface area contributed by atoms with E-state index in [1.807, 2.05) is 55.6 Å². The van der Waals surface area contributed by atoms with Crippen molar-refractivity contribution in [2.24, 2.45) is 5.41 Å². The fraction of sp³-hybridized carbons (Fsp3) is 0.310. The highest BCUT2D eigenvalue weighted by Gasteiger charge is 2.42. The molecule has 1 aliphatic carbocycles. The highest BCUT2D eigenvalue weighted by atomic mass is 35.5. The van der Waals surface area contributed by atoms with Crippen LogP contribution < -0.4 is 10.6 Å². The van der Waals surface area contributed by atoms with Crippen molar-refractivity contribution < 1.29 is 9.59 Å². The van der Waals surface area contributed by atoms with Crippen molar-refractivity contribution in [1.29, 1.82) is 0 Å². The Balaban J connectivity index is 1.39. The first-order valence-electron chi connectivity index (χ1n) is 12.4. The maximum absolute atomic E-state index is 13.6. The number of rotatable bonds is 6. The molecule has 1 atom stereocenters. The number of halogens is 1. The van der Waals surface area contributed by atoms with Gasteiger partial charge in [-0.05, 0) is 42.0 Å². The highest BCUT2D eigenvalue weighted by Crippen LogP contribution is 2.46. The van der Waals surface area contributed by atoms with Crippen LogP contribution in [0.15, 0.2) is 83.3 Å². The van der Waals surface area contributed by atoms with Crippen molar-refractivity contribution in [3.05, 3.63) is 105 Å². The molecule has 37 heavy (non-hydrogen) atoms. The van der Waals surface area contributed by atoms with Gasteiger partial charge in [0.25, 0.3) is 0 Å². The molecule has 7 nitrogen and oxygen atoms in total. The van der Waals surface area contributed by atoms with Crippen molar-refractivity contribution in [3.63, 3.8) is 0 Å². The molecule has 0 radical (unpaired) electrons. The lowest BCUT2D eigenvalue weighted by molar-refractivity contribution is -0.118. The SMILES string of the molecule is CC1=C(C(=O)NCc2cn(Cc3ccccc3)nn2)C(c2ccc(Cl)cc2)C2=C(CC(C)(C)CC2=O)N1. The van der Waals surface area contributed by atoms with Crippen LogP contribution in [0.3, 0.4) is 0 Å². The number of dihydropyridines is 1. The van der Waals surface area contributed by atoms with E-state index in [2.05, 4.69) is 34.8 Å². The summed E-state index contributed by atoms with van der Waals surface area (Å²) in [5, 5.41) is 15.4. The third kappa shape index (κ3) is 5.37. The monoisotopic (exact) mass is 515 g/mol. The van der Waals surface area contributed by atoms with E-state index >= 15 is 0 Å². The molecule has 190 valence electrons.